The molecule has 1 aromatic carbocycles. The van der Waals surface area contributed by atoms with Crippen LogP contribution in [0.5, 0.6) is 0 Å². The van der Waals surface area contributed by atoms with E-state index < -0.39 is 12.1 Å². The molecule has 1 aromatic heterocycles. The largest absolute Gasteiger partial charge is 0.444 e. The van der Waals surface area contributed by atoms with E-state index in [2.05, 4.69) is 10.3 Å². The number of rotatable bonds is 4. The SMILES string of the molecule is CC(C)C1NC(=O)N(Cc2coc(-c3ccc(F)cc3)n2)C1=O. The first kappa shape index (κ1) is 15.2. The third kappa shape index (κ3) is 2.94. The van der Waals surface area contributed by atoms with Gasteiger partial charge < -0.3 is 9.73 Å². The zero-order valence-electron chi connectivity index (χ0n) is 12.7. The van der Waals surface area contributed by atoms with Gasteiger partial charge in [0, 0.05) is 5.56 Å². The molecule has 1 atom stereocenters. The van der Waals surface area contributed by atoms with Crippen LogP contribution < -0.4 is 5.32 Å². The Kier molecular flexibility index (Phi) is 3.85. The second-order valence-electron chi connectivity index (χ2n) is 5.75. The normalized spacial score (nSPS) is 17.9. The lowest BCUT2D eigenvalue weighted by atomic mass is 10.1. The minimum Gasteiger partial charge on any atom is -0.444 e. The number of carbonyl (C=O) groups excluding carboxylic acids is 2. The average Bonchev–Trinajstić information content (AvgIpc) is 3.08. The molecule has 0 radical (unpaired) electrons. The Morgan fingerprint density at radius 2 is 2.00 bits per heavy atom. The standard InChI is InChI=1S/C16H16FN3O3/c1-9(2)13-15(21)20(16(22)19-13)7-12-8-23-14(18-12)10-3-5-11(17)6-4-10/h3-6,8-9,13H,7H2,1-2H3,(H,19,22). The predicted molar refractivity (Wildman–Crippen MR) is 79.6 cm³/mol. The zero-order chi connectivity index (χ0) is 16.6. The van der Waals surface area contributed by atoms with E-state index in [1.54, 1.807) is 12.1 Å². The molecule has 0 bridgehead atoms. The van der Waals surface area contributed by atoms with Crippen molar-refractivity contribution in [2.75, 3.05) is 0 Å². The van der Waals surface area contributed by atoms with Crippen LogP contribution >= 0.6 is 0 Å². The minimum absolute atomic E-state index is 0.0172. The van der Waals surface area contributed by atoms with Gasteiger partial charge in [0.1, 0.15) is 18.1 Å². The second-order valence-corrected chi connectivity index (χ2v) is 5.75. The first-order valence-electron chi connectivity index (χ1n) is 7.28. The fourth-order valence-corrected chi connectivity index (χ4v) is 2.41. The molecule has 2 aromatic rings. The fraction of sp³-hybridized carbons (Fsp3) is 0.312. The third-order valence-electron chi connectivity index (χ3n) is 3.69. The molecule has 7 heteroatoms. The predicted octanol–water partition coefficient (Wildman–Crippen LogP) is 2.56. The molecule has 1 fully saturated rings. The number of aromatic nitrogens is 1. The van der Waals surface area contributed by atoms with Gasteiger partial charge in [-0.25, -0.2) is 14.2 Å². The zero-order valence-corrected chi connectivity index (χ0v) is 12.7. The van der Waals surface area contributed by atoms with E-state index in [0.29, 0.717) is 17.1 Å². The number of hydrogen-bond acceptors (Lipinski definition) is 4. The van der Waals surface area contributed by atoms with E-state index in [1.807, 2.05) is 13.8 Å². The molecule has 6 nitrogen and oxygen atoms in total. The summed E-state index contributed by atoms with van der Waals surface area (Å²) in [5.74, 6) is -0.285. The molecule has 1 N–H and O–H groups in total. The summed E-state index contributed by atoms with van der Waals surface area (Å²) in [6, 6.07) is 4.78. The molecule has 1 aliphatic rings. The highest BCUT2D eigenvalue weighted by Crippen LogP contribution is 2.21. The van der Waals surface area contributed by atoms with Gasteiger partial charge in [0.2, 0.25) is 5.89 Å². The van der Waals surface area contributed by atoms with Crippen LogP contribution in [0, 0.1) is 11.7 Å². The van der Waals surface area contributed by atoms with E-state index >= 15 is 0 Å². The van der Waals surface area contributed by atoms with Crippen molar-refractivity contribution in [3.05, 3.63) is 42.0 Å². The van der Waals surface area contributed by atoms with E-state index in [0.717, 1.165) is 4.90 Å². The summed E-state index contributed by atoms with van der Waals surface area (Å²) in [6.45, 7) is 3.78. The average molecular weight is 317 g/mol. The number of urea groups is 1. The summed E-state index contributed by atoms with van der Waals surface area (Å²) in [5, 5.41) is 2.66. The molecule has 23 heavy (non-hydrogen) atoms. The Labute approximate surface area is 132 Å². The van der Waals surface area contributed by atoms with Crippen LogP contribution in [0.25, 0.3) is 11.5 Å². The maximum atomic E-state index is 12.9. The summed E-state index contributed by atoms with van der Waals surface area (Å²) in [5.41, 5.74) is 1.08. The number of nitrogens with zero attached hydrogens (tertiary/aromatic N) is 2. The van der Waals surface area contributed by atoms with Gasteiger partial charge in [-0.2, -0.15) is 0 Å². The molecule has 3 amide bonds. The third-order valence-corrected chi connectivity index (χ3v) is 3.69. The van der Waals surface area contributed by atoms with E-state index in [1.165, 1.54) is 18.4 Å². The Balaban J connectivity index is 1.75. The van der Waals surface area contributed by atoms with E-state index in [4.69, 9.17) is 4.42 Å². The van der Waals surface area contributed by atoms with Crippen LogP contribution in [0.2, 0.25) is 0 Å². The first-order chi connectivity index (χ1) is 11.0. The number of imide groups is 1. The van der Waals surface area contributed by atoms with Gasteiger partial charge in [-0.3, -0.25) is 9.69 Å². The van der Waals surface area contributed by atoms with Crippen LogP contribution in [0.3, 0.4) is 0 Å². The Morgan fingerprint density at radius 1 is 1.30 bits per heavy atom. The van der Waals surface area contributed by atoms with Gasteiger partial charge in [-0.05, 0) is 30.2 Å². The van der Waals surface area contributed by atoms with Crippen LogP contribution in [-0.4, -0.2) is 27.9 Å². The molecule has 0 spiro atoms. The molecular formula is C16H16FN3O3. The lowest BCUT2D eigenvalue weighted by Crippen LogP contribution is -2.34. The van der Waals surface area contributed by atoms with Crippen molar-refractivity contribution in [3.8, 4) is 11.5 Å². The maximum Gasteiger partial charge on any atom is 0.325 e. The minimum atomic E-state index is -0.508. The van der Waals surface area contributed by atoms with Gasteiger partial charge in [0.05, 0.1) is 12.2 Å². The van der Waals surface area contributed by atoms with Crippen LogP contribution in [0.1, 0.15) is 19.5 Å². The van der Waals surface area contributed by atoms with Crippen molar-refractivity contribution >= 4 is 11.9 Å². The van der Waals surface area contributed by atoms with Crippen molar-refractivity contribution in [3.63, 3.8) is 0 Å². The van der Waals surface area contributed by atoms with Crippen LogP contribution in [0.15, 0.2) is 34.9 Å². The van der Waals surface area contributed by atoms with Crippen molar-refractivity contribution in [2.45, 2.75) is 26.4 Å². The van der Waals surface area contributed by atoms with Crippen molar-refractivity contribution < 1.29 is 18.4 Å². The summed E-state index contributed by atoms with van der Waals surface area (Å²) in [7, 11) is 0. The van der Waals surface area contributed by atoms with Gasteiger partial charge in [-0.15, -0.1) is 0 Å². The number of benzene rings is 1. The highest BCUT2D eigenvalue weighted by atomic mass is 19.1. The smallest absolute Gasteiger partial charge is 0.325 e. The number of hydrogen-bond donors (Lipinski definition) is 1. The van der Waals surface area contributed by atoms with Gasteiger partial charge in [-0.1, -0.05) is 13.8 Å². The first-order valence-corrected chi connectivity index (χ1v) is 7.28. The van der Waals surface area contributed by atoms with Crippen molar-refractivity contribution in [1.29, 1.82) is 0 Å². The number of nitrogens with one attached hydrogen (secondary N) is 1. The second kappa shape index (κ2) is 5.83. The molecule has 2 heterocycles. The van der Waals surface area contributed by atoms with E-state index in [-0.39, 0.29) is 24.2 Å². The number of halogens is 1. The molecule has 1 unspecified atom stereocenters. The molecule has 1 aliphatic heterocycles. The van der Waals surface area contributed by atoms with Gasteiger partial charge in [0.25, 0.3) is 5.91 Å². The monoisotopic (exact) mass is 317 g/mol. The summed E-state index contributed by atoms with van der Waals surface area (Å²) in [4.78, 5) is 29.5. The Morgan fingerprint density at radius 3 is 2.61 bits per heavy atom. The summed E-state index contributed by atoms with van der Waals surface area (Å²) < 4.78 is 18.3. The molecule has 0 aliphatic carbocycles. The molecular weight excluding hydrogens is 301 g/mol. The van der Waals surface area contributed by atoms with Gasteiger partial charge >= 0.3 is 6.03 Å². The number of amides is 3. The number of carbonyl (C=O) groups is 2. The fourth-order valence-electron chi connectivity index (χ4n) is 2.41. The number of oxazole rings is 1. The summed E-state index contributed by atoms with van der Waals surface area (Å²) in [6.07, 6.45) is 1.39. The molecule has 3 rings (SSSR count). The maximum absolute atomic E-state index is 12.9. The Bertz CT molecular complexity index is 739. The topological polar surface area (TPSA) is 75.4 Å². The summed E-state index contributed by atoms with van der Waals surface area (Å²) >= 11 is 0. The van der Waals surface area contributed by atoms with Crippen LogP contribution in [0.4, 0.5) is 9.18 Å². The van der Waals surface area contributed by atoms with Crippen molar-refractivity contribution in [2.24, 2.45) is 5.92 Å². The molecule has 120 valence electrons. The highest BCUT2D eigenvalue weighted by Gasteiger charge is 2.39. The van der Waals surface area contributed by atoms with Crippen LogP contribution in [-0.2, 0) is 11.3 Å². The molecule has 1 saturated heterocycles. The van der Waals surface area contributed by atoms with E-state index in [9.17, 15) is 14.0 Å². The van der Waals surface area contributed by atoms with Crippen molar-refractivity contribution in [1.82, 2.24) is 15.2 Å². The Hall–Kier alpha value is -2.70. The lowest BCUT2D eigenvalue weighted by molar-refractivity contribution is -0.128. The highest BCUT2D eigenvalue weighted by molar-refractivity contribution is 6.04. The quantitative estimate of drug-likeness (QED) is 0.879. The lowest BCUT2D eigenvalue weighted by Gasteiger charge is -2.12. The van der Waals surface area contributed by atoms with Gasteiger partial charge in [0.15, 0.2) is 0 Å². The molecule has 0 saturated carbocycles.